The van der Waals surface area contributed by atoms with Crippen molar-refractivity contribution in [3.63, 3.8) is 0 Å². The highest BCUT2D eigenvalue weighted by Gasteiger charge is 2.34. The van der Waals surface area contributed by atoms with E-state index in [0.717, 1.165) is 61.7 Å². The summed E-state index contributed by atoms with van der Waals surface area (Å²) in [6, 6.07) is 17.2. The van der Waals surface area contributed by atoms with Crippen LogP contribution in [0.3, 0.4) is 0 Å². The third kappa shape index (κ3) is 4.87. The predicted octanol–water partition coefficient (Wildman–Crippen LogP) is 6.44. The molecule has 0 radical (unpaired) electrons. The molecule has 9 heteroatoms. The lowest BCUT2D eigenvalue weighted by atomic mass is 10.0. The van der Waals surface area contributed by atoms with Gasteiger partial charge in [0, 0.05) is 59.9 Å². The fourth-order valence-corrected chi connectivity index (χ4v) is 6.63. The standard InChI is InChI=1S/C28H30F3N5S/c29-28(30,31)19-15-23(33-20-8-11-35(12-9-20)14-10-32)27-26(16-19)37-25-17-21(5-6-22(25)34-27)36-13-7-18-3-1-2-4-24(18)36/h1-6,15-17,20,33-34H,7-14,32H2. The molecule has 1 fully saturated rings. The number of alkyl halides is 3. The smallest absolute Gasteiger partial charge is 0.380 e. The number of fused-ring (bicyclic) bond motifs is 3. The van der Waals surface area contributed by atoms with Gasteiger partial charge in [-0.05, 0) is 61.2 Å². The van der Waals surface area contributed by atoms with Crippen LogP contribution in [0, 0.1) is 0 Å². The summed E-state index contributed by atoms with van der Waals surface area (Å²) in [4.78, 5) is 6.10. The van der Waals surface area contributed by atoms with E-state index in [1.807, 2.05) is 12.1 Å². The quantitative estimate of drug-likeness (QED) is 0.279. The lowest BCUT2D eigenvalue weighted by Crippen LogP contribution is -2.41. The van der Waals surface area contributed by atoms with Gasteiger partial charge in [-0.1, -0.05) is 30.0 Å². The average Bonchev–Trinajstić information content (AvgIpc) is 3.32. The molecule has 3 heterocycles. The van der Waals surface area contributed by atoms with Crippen molar-refractivity contribution < 1.29 is 13.2 Å². The van der Waals surface area contributed by atoms with Gasteiger partial charge in [-0.2, -0.15) is 13.2 Å². The molecule has 3 aromatic carbocycles. The zero-order valence-corrected chi connectivity index (χ0v) is 21.3. The highest BCUT2D eigenvalue weighted by molar-refractivity contribution is 7.99. The Balaban J connectivity index is 1.29. The number of piperidine rings is 1. The van der Waals surface area contributed by atoms with Crippen molar-refractivity contribution in [3.05, 3.63) is 65.7 Å². The molecular formula is C28H30F3N5S. The highest BCUT2D eigenvalue weighted by atomic mass is 32.2. The Bertz CT molecular complexity index is 1300. The lowest BCUT2D eigenvalue weighted by Gasteiger charge is -2.34. The van der Waals surface area contributed by atoms with Crippen molar-refractivity contribution in [2.24, 2.45) is 5.73 Å². The Morgan fingerprint density at radius 1 is 1.00 bits per heavy atom. The van der Waals surface area contributed by atoms with Crippen molar-refractivity contribution in [1.29, 1.82) is 0 Å². The minimum atomic E-state index is -4.42. The van der Waals surface area contributed by atoms with E-state index in [2.05, 4.69) is 50.8 Å². The molecule has 0 aromatic heterocycles. The van der Waals surface area contributed by atoms with Gasteiger partial charge >= 0.3 is 6.18 Å². The van der Waals surface area contributed by atoms with Gasteiger partial charge in [0.25, 0.3) is 0 Å². The number of halogens is 3. The Morgan fingerprint density at radius 3 is 2.59 bits per heavy atom. The third-order valence-corrected chi connectivity index (χ3v) is 8.57. The van der Waals surface area contributed by atoms with Crippen LogP contribution in [-0.4, -0.2) is 43.7 Å². The molecule has 0 bridgehead atoms. The van der Waals surface area contributed by atoms with Gasteiger partial charge in [0.2, 0.25) is 0 Å². The largest absolute Gasteiger partial charge is 0.416 e. The number of nitrogens with one attached hydrogen (secondary N) is 2. The second kappa shape index (κ2) is 9.78. The van der Waals surface area contributed by atoms with Crippen molar-refractivity contribution in [3.8, 4) is 0 Å². The van der Waals surface area contributed by atoms with Gasteiger partial charge in [0.05, 0.1) is 22.6 Å². The molecular weight excluding hydrogens is 495 g/mol. The summed E-state index contributed by atoms with van der Waals surface area (Å²) in [7, 11) is 0. The van der Waals surface area contributed by atoms with Crippen LogP contribution < -0.4 is 21.3 Å². The molecule has 0 atom stereocenters. The predicted molar refractivity (Wildman–Crippen MR) is 145 cm³/mol. The molecule has 0 saturated carbocycles. The van der Waals surface area contributed by atoms with E-state index in [0.29, 0.717) is 22.8 Å². The minimum absolute atomic E-state index is 0.118. The second-order valence-electron chi connectivity index (χ2n) is 9.88. The van der Waals surface area contributed by atoms with Crippen molar-refractivity contribution in [2.45, 2.75) is 41.3 Å². The second-order valence-corrected chi connectivity index (χ2v) is 11.0. The number of rotatable bonds is 5. The van der Waals surface area contributed by atoms with Crippen molar-refractivity contribution in [2.75, 3.05) is 48.3 Å². The zero-order chi connectivity index (χ0) is 25.6. The van der Waals surface area contributed by atoms with Crippen molar-refractivity contribution in [1.82, 2.24) is 4.90 Å². The molecule has 0 amide bonds. The van der Waals surface area contributed by atoms with Crippen LogP contribution in [0.15, 0.2) is 64.4 Å². The van der Waals surface area contributed by atoms with E-state index in [9.17, 15) is 13.2 Å². The van der Waals surface area contributed by atoms with Gasteiger partial charge in [-0.3, -0.25) is 0 Å². The molecule has 4 N–H and O–H groups in total. The molecule has 1 saturated heterocycles. The monoisotopic (exact) mass is 525 g/mol. The summed E-state index contributed by atoms with van der Waals surface area (Å²) in [5, 5.41) is 6.89. The summed E-state index contributed by atoms with van der Waals surface area (Å²) in [6.45, 7) is 4.15. The number of para-hydroxylation sites is 1. The fraction of sp³-hybridized carbons (Fsp3) is 0.357. The molecule has 194 valence electrons. The van der Waals surface area contributed by atoms with Crippen LogP contribution in [0.1, 0.15) is 24.0 Å². The van der Waals surface area contributed by atoms with E-state index in [1.54, 1.807) is 0 Å². The molecule has 0 unspecified atom stereocenters. The van der Waals surface area contributed by atoms with Crippen LogP contribution in [0.2, 0.25) is 0 Å². The number of likely N-dealkylation sites (tertiary alicyclic amines) is 1. The van der Waals surface area contributed by atoms with Gasteiger partial charge in [0.1, 0.15) is 0 Å². The van der Waals surface area contributed by atoms with Gasteiger partial charge in [-0.25, -0.2) is 0 Å². The molecule has 6 rings (SSSR count). The summed E-state index contributed by atoms with van der Waals surface area (Å²) < 4.78 is 41.6. The van der Waals surface area contributed by atoms with E-state index in [-0.39, 0.29) is 6.04 Å². The first kappa shape index (κ1) is 24.5. The number of hydrogen-bond donors (Lipinski definition) is 3. The lowest BCUT2D eigenvalue weighted by molar-refractivity contribution is -0.137. The first-order valence-corrected chi connectivity index (χ1v) is 13.6. The number of anilines is 5. The molecule has 0 spiro atoms. The maximum absolute atomic E-state index is 13.9. The Labute approximate surface area is 219 Å². The third-order valence-electron chi connectivity index (χ3n) is 7.47. The van der Waals surface area contributed by atoms with Crippen LogP contribution in [0.4, 0.5) is 41.6 Å². The Morgan fingerprint density at radius 2 is 1.81 bits per heavy atom. The van der Waals surface area contributed by atoms with E-state index in [1.165, 1.54) is 35.1 Å². The molecule has 3 aliphatic heterocycles. The van der Waals surface area contributed by atoms with E-state index >= 15 is 0 Å². The summed E-state index contributed by atoms with van der Waals surface area (Å²) in [6.07, 6.45) is -1.70. The maximum Gasteiger partial charge on any atom is 0.416 e. The number of benzene rings is 3. The topological polar surface area (TPSA) is 56.6 Å². The highest BCUT2D eigenvalue weighted by Crippen LogP contribution is 2.51. The molecule has 3 aromatic rings. The fourth-order valence-electron chi connectivity index (χ4n) is 5.53. The van der Waals surface area contributed by atoms with Crippen LogP contribution in [0.25, 0.3) is 0 Å². The SMILES string of the molecule is NCCN1CCC(Nc2cc(C(F)(F)F)cc3c2Nc2ccc(N4CCc5ccccc54)cc2S3)CC1. The summed E-state index contributed by atoms with van der Waals surface area (Å²) >= 11 is 1.40. The van der Waals surface area contributed by atoms with Gasteiger partial charge < -0.3 is 26.2 Å². The normalized spacial score (nSPS) is 17.7. The maximum atomic E-state index is 13.9. The summed E-state index contributed by atoms with van der Waals surface area (Å²) in [5.41, 5.74) is 10.8. The van der Waals surface area contributed by atoms with Gasteiger partial charge in [0.15, 0.2) is 0 Å². The van der Waals surface area contributed by atoms with Crippen molar-refractivity contribution >= 4 is 40.2 Å². The Kier molecular flexibility index (Phi) is 6.46. The number of nitrogens with zero attached hydrogens (tertiary/aromatic N) is 2. The number of nitrogens with two attached hydrogens (primary N) is 1. The number of hydrogen-bond acceptors (Lipinski definition) is 6. The van der Waals surface area contributed by atoms with E-state index in [4.69, 9.17) is 5.73 Å². The first-order valence-electron chi connectivity index (χ1n) is 12.8. The molecule has 5 nitrogen and oxygen atoms in total. The Hall–Kier alpha value is -2.88. The average molecular weight is 526 g/mol. The van der Waals surface area contributed by atoms with Crippen LogP contribution in [0.5, 0.6) is 0 Å². The minimum Gasteiger partial charge on any atom is -0.380 e. The van der Waals surface area contributed by atoms with Crippen LogP contribution in [-0.2, 0) is 12.6 Å². The van der Waals surface area contributed by atoms with E-state index < -0.39 is 11.7 Å². The summed E-state index contributed by atoms with van der Waals surface area (Å²) in [5.74, 6) is 0. The molecule has 3 aliphatic rings. The van der Waals surface area contributed by atoms with Gasteiger partial charge in [-0.15, -0.1) is 0 Å². The first-order chi connectivity index (χ1) is 17.9. The van der Waals surface area contributed by atoms with Crippen LogP contribution >= 0.6 is 11.8 Å². The molecule has 37 heavy (non-hydrogen) atoms. The molecule has 0 aliphatic carbocycles. The zero-order valence-electron chi connectivity index (χ0n) is 20.4.